The molecule has 0 aliphatic carbocycles. The zero-order chi connectivity index (χ0) is 21.1. The minimum Gasteiger partial charge on any atom is -0.497 e. The molecule has 1 saturated heterocycles. The predicted octanol–water partition coefficient (Wildman–Crippen LogP) is 2.97. The standard InChI is InChI=1S/C20H20FN3O5S/c1-27-17-3-2-4-18(11-17)30(25,26)24-10-9-14(12-24)20-22-19(29-23-20)13-28-16-7-5-15(21)6-8-16/h2-8,11,14H,9-10,12-13H2,1H3. The van der Waals surface area contributed by atoms with Crippen LogP contribution in [0.3, 0.4) is 0 Å². The van der Waals surface area contributed by atoms with Crippen molar-refractivity contribution in [2.24, 2.45) is 0 Å². The van der Waals surface area contributed by atoms with E-state index >= 15 is 0 Å². The number of sulfonamides is 1. The van der Waals surface area contributed by atoms with Gasteiger partial charge in [-0.1, -0.05) is 11.2 Å². The van der Waals surface area contributed by atoms with Crippen LogP contribution in [0.15, 0.2) is 57.9 Å². The summed E-state index contributed by atoms with van der Waals surface area (Å²) >= 11 is 0. The first kappa shape index (κ1) is 20.3. The van der Waals surface area contributed by atoms with Gasteiger partial charge in [0, 0.05) is 25.1 Å². The first-order valence-corrected chi connectivity index (χ1v) is 10.7. The maximum absolute atomic E-state index is 12.9. The Morgan fingerprint density at radius 3 is 2.77 bits per heavy atom. The average molecular weight is 433 g/mol. The number of hydrogen-bond acceptors (Lipinski definition) is 7. The van der Waals surface area contributed by atoms with Gasteiger partial charge in [0.25, 0.3) is 5.89 Å². The number of methoxy groups -OCH3 is 1. The fourth-order valence-electron chi connectivity index (χ4n) is 3.24. The number of benzene rings is 2. The molecular weight excluding hydrogens is 413 g/mol. The van der Waals surface area contributed by atoms with Crippen molar-refractivity contribution < 1.29 is 26.8 Å². The minimum absolute atomic E-state index is 0.0389. The average Bonchev–Trinajstić information content (AvgIpc) is 3.43. The Bertz CT molecular complexity index is 1120. The molecule has 1 atom stereocenters. The maximum atomic E-state index is 12.9. The minimum atomic E-state index is -3.64. The van der Waals surface area contributed by atoms with Gasteiger partial charge in [0.15, 0.2) is 12.4 Å². The van der Waals surface area contributed by atoms with E-state index in [1.165, 1.54) is 41.7 Å². The molecule has 2 aromatic carbocycles. The molecule has 1 unspecified atom stereocenters. The molecule has 1 fully saturated rings. The van der Waals surface area contributed by atoms with Crippen LogP contribution in [0.25, 0.3) is 0 Å². The Morgan fingerprint density at radius 1 is 1.20 bits per heavy atom. The molecule has 1 aliphatic rings. The van der Waals surface area contributed by atoms with Gasteiger partial charge in [0.1, 0.15) is 17.3 Å². The lowest BCUT2D eigenvalue weighted by Gasteiger charge is -2.16. The Hall–Kier alpha value is -2.98. The summed E-state index contributed by atoms with van der Waals surface area (Å²) in [6.45, 7) is 0.661. The molecule has 3 aromatic rings. The van der Waals surface area contributed by atoms with Crippen LogP contribution < -0.4 is 9.47 Å². The SMILES string of the molecule is COc1cccc(S(=O)(=O)N2CCC(c3noc(COc4ccc(F)cc4)n3)C2)c1. The lowest BCUT2D eigenvalue weighted by molar-refractivity contribution is 0.242. The fourth-order valence-corrected chi connectivity index (χ4v) is 4.77. The van der Waals surface area contributed by atoms with Crippen LogP contribution in [0.2, 0.25) is 0 Å². The van der Waals surface area contributed by atoms with Crippen molar-refractivity contribution in [1.29, 1.82) is 0 Å². The van der Waals surface area contributed by atoms with Gasteiger partial charge in [0.2, 0.25) is 10.0 Å². The number of rotatable bonds is 7. The second-order valence-electron chi connectivity index (χ2n) is 6.82. The summed E-state index contributed by atoms with van der Waals surface area (Å²) in [7, 11) is -2.15. The lowest BCUT2D eigenvalue weighted by atomic mass is 10.1. The van der Waals surface area contributed by atoms with E-state index in [9.17, 15) is 12.8 Å². The van der Waals surface area contributed by atoms with Crippen molar-refractivity contribution >= 4 is 10.0 Å². The fraction of sp³-hybridized carbons (Fsp3) is 0.300. The summed E-state index contributed by atoms with van der Waals surface area (Å²) in [5.74, 6) is 1.15. The maximum Gasteiger partial charge on any atom is 0.264 e. The van der Waals surface area contributed by atoms with Gasteiger partial charge in [-0.3, -0.25) is 0 Å². The van der Waals surface area contributed by atoms with E-state index in [2.05, 4.69) is 10.1 Å². The highest BCUT2D eigenvalue weighted by molar-refractivity contribution is 7.89. The van der Waals surface area contributed by atoms with Crippen molar-refractivity contribution in [2.45, 2.75) is 23.8 Å². The van der Waals surface area contributed by atoms with Crippen LogP contribution in [-0.2, 0) is 16.6 Å². The largest absolute Gasteiger partial charge is 0.497 e. The Labute approximate surface area is 173 Å². The molecule has 0 bridgehead atoms. The van der Waals surface area contributed by atoms with Crippen molar-refractivity contribution in [3.05, 3.63) is 66.1 Å². The zero-order valence-corrected chi connectivity index (χ0v) is 17.0. The lowest BCUT2D eigenvalue weighted by Crippen LogP contribution is -2.28. The molecule has 0 N–H and O–H groups in total. The molecule has 0 saturated carbocycles. The van der Waals surface area contributed by atoms with Crippen LogP contribution >= 0.6 is 0 Å². The van der Waals surface area contributed by atoms with E-state index in [-0.39, 0.29) is 35.7 Å². The van der Waals surface area contributed by atoms with Gasteiger partial charge < -0.3 is 14.0 Å². The molecular formula is C20H20FN3O5S. The second-order valence-corrected chi connectivity index (χ2v) is 8.75. The summed E-state index contributed by atoms with van der Waals surface area (Å²) in [6, 6.07) is 12.0. The van der Waals surface area contributed by atoms with Gasteiger partial charge in [-0.2, -0.15) is 9.29 Å². The monoisotopic (exact) mass is 433 g/mol. The van der Waals surface area contributed by atoms with Gasteiger partial charge in [-0.25, -0.2) is 12.8 Å². The normalized spacial score (nSPS) is 17.2. The Morgan fingerprint density at radius 2 is 2.00 bits per heavy atom. The van der Waals surface area contributed by atoms with Crippen molar-refractivity contribution in [2.75, 3.05) is 20.2 Å². The van der Waals surface area contributed by atoms with Gasteiger partial charge in [-0.15, -0.1) is 0 Å². The third-order valence-electron chi connectivity index (χ3n) is 4.85. The smallest absolute Gasteiger partial charge is 0.264 e. The molecule has 0 spiro atoms. The summed E-state index contributed by atoms with van der Waals surface area (Å²) in [5.41, 5.74) is 0. The number of nitrogens with zero attached hydrogens (tertiary/aromatic N) is 3. The molecule has 8 nitrogen and oxygen atoms in total. The quantitative estimate of drug-likeness (QED) is 0.565. The van der Waals surface area contributed by atoms with E-state index in [1.807, 2.05) is 0 Å². The highest BCUT2D eigenvalue weighted by atomic mass is 32.2. The first-order chi connectivity index (χ1) is 14.5. The van der Waals surface area contributed by atoms with Gasteiger partial charge in [0.05, 0.1) is 12.0 Å². The van der Waals surface area contributed by atoms with Gasteiger partial charge >= 0.3 is 0 Å². The van der Waals surface area contributed by atoms with Gasteiger partial charge in [-0.05, 0) is 42.8 Å². The molecule has 1 aromatic heterocycles. The second kappa shape index (κ2) is 8.41. The highest BCUT2D eigenvalue weighted by Gasteiger charge is 2.35. The number of aromatic nitrogens is 2. The zero-order valence-electron chi connectivity index (χ0n) is 16.2. The summed E-state index contributed by atoms with van der Waals surface area (Å²) in [5, 5.41) is 3.97. The number of hydrogen-bond donors (Lipinski definition) is 0. The van der Waals surface area contributed by atoms with Crippen LogP contribution in [0, 0.1) is 5.82 Å². The number of ether oxygens (including phenoxy) is 2. The third kappa shape index (κ3) is 4.29. The predicted molar refractivity (Wildman–Crippen MR) is 104 cm³/mol. The first-order valence-electron chi connectivity index (χ1n) is 9.31. The van der Waals surface area contributed by atoms with Crippen molar-refractivity contribution in [1.82, 2.24) is 14.4 Å². The Kier molecular flexibility index (Phi) is 5.69. The number of halogens is 1. The van der Waals surface area contributed by atoms with Crippen molar-refractivity contribution in [3.63, 3.8) is 0 Å². The molecule has 4 rings (SSSR count). The summed E-state index contributed by atoms with van der Waals surface area (Å²) in [6.07, 6.45) is 0.584. The summed E-state index contributed by atoms with van der Waals surface area (Å²) < 4.78 is 56.0. The highest BCUT2D eigenvalue weighted by Crippen LogP contribution is 2.30. The Balaban J connectivity index is 1.40. The van der Waals surface area contributed by atoms with Crippen LogP contribution in [0.4, 0.5) is 4.39 Å². The van der Waals surface area contributed by atoms with E-state index in [4.69, 9.17) is 14.0 Å². The van der Waals surface area contributed by atoms with Crippen LogP contribution in [0.5, 0.6) is 11.5 Å². The van der Waals surface area contributed by atoms with Crippen LogP contribution in [0.1, 0.15) is 24.1 Å². The van der Waals surface area contributed by atoms with E-state index < -0.39 is 10.0 Å². The van der Waals surface area contributed by atoms with E-state index in [0.717, 1.165) is 0 Å². The summed E-state index contributed by atoms with van der Waals surface area (Å²) in [4.78, 5) is 4.51. The van der Waals surface area contributed by atoms with E-state index in [1.54, 1.807) is 18.2 Å². The third-order valence-corrected chi connectivity index (χ3v) is 6.72. The molecule has 158 valence electrons. The van der Waals surface area contributed by atoms with E-state index in [0.29, 0.717) is 30.3 Å². The molecule has 0 amide bonds. The molecule has 2 heterocycles. The molecule has 30 heavy (non-hydrogen) atoms. The molecule has 10 heteroatoms. The molecule has 1 aliphatic heterocycles. The topological polar surface area (TPSA) is 94.8 Å². The molecule has 0 radical (unpaired) electrons. The van der Waals surface area contributed by atoms with Crippen molar-refractivity contribution in [3.8, 4) is 11.5 Å². The van der Waals surface area contributed by atoms with Crippen LogP contribution in [-0.4, -0.2) is 43.1 Å².